The van der Waals surface area contributed by atoms with Crippen LogP contribution in [0.4, 0.5) is 10.5 Å². The highest BCUT2D eigenvalue weighted by molar-refractivity contribution is 6.06. The van der Waals surface area contributed by atoms with Gasteiger partial charge in [0.25, 0.3) is 0 Å². The third-order valence-corrected chi connectivity index (χ3v) is 6.71. The van der Waals surface area contributed by atoms with Gasteiger partial charge in [-0.1, -0.05) is 67.5 Å². The van der Waals surface area contributed by atoms with Gasteiger partial charge >= 0.3 is 12.0 Å². The van der Waals surface area contributed by atoms with Crippen molar-refractivity contribution < 1.29 is 38.3 Å². The number of imide groups is 1. The number of hydrogen-bond acceptors (Lipinski definition) is 9. The number of rotatable bonds is 14. The highest BCUT2D eigenvalue weighted by Crippen LogP contribution is 2.26. The first-order valence-corrected chi connectivity index (χ1v) is 16.2. The van der Waals surface area contributed by atoms with Gasteiger partial charge in [-0.05, 0) is 42.5 Å². The van der Waals surface area contributed by atoms with Crippen LogP contribution in [0.5, 0.6) is 0 Å². The first-order chi connectivity index (χ1) is 22.5. The first-order valence-electron chi connectivity index (χ1n) is 16.2. The van der Waals surface area contributed by atoms with Crippen LogP contribution < -0.4 is 32.7 Å². The van der Waals surface area contributed by atoms with Gasteiger partial charge in [0.2, 0.25) is 29.5 Å². The van der Waals surface area contributed by atoms with Gasteiger partial charge in [0, 0.05) is 24.6 Å². The lowest BCUT2D eigenvalue weighted by Crippen LogP contribution is -2.53. The van der Waals surface area contributed by atoms with E-state index in [-0.39, 0.29) is 49.2 Å². The third kappa shape index (κ3) is 16.9. The molecule has 48 heavy (non-hydrogen) atoms. The van der Waals surface area contributed by atoms with Crippen LogP contribution in [-0.2, 0) is 40.1 Å². The minimum absolute atomic E-state index is 0.0211. The Morgan fingerprint density at radius 2 is 1.52 bits per heavy atom. The van der Waals surface area contributed by atoms with E-state index >= 15 is 0 Å². The number of carbonyl (C=O) groups excluding carboxylic acids is 7. The fourth-order valence-corrected chi connectivity index (χ4v) is 4.03. The van der Waals surface area contributed by atoms with Crippen molar-refractivity contribution in [1.29, 1.82) is 0 Å². The molecule has 0 saturated carbocycles. The Bertz CT molecular complexity index is 1220. The van der Waals surface area contributed by atoms with Crippen molar-refractivity contribution in [3.63, 3.8) is 0 Å². The number of urea groups is 1. The summed E-state index contributed by atoms with van der Waals surface area (Å²) < 4.78 is 5.17. The summed E-state index contributed by atoms with van der Waals surface area (Å²) in [5.74, 6) is -3.76. The predicted molar refractivity (Wildman–Crippen MR) is 182 cm³/mol. The second kappa shape index (κ2) is 22.9. The number of hydrogen-bond donors (Lipinski definition) is 6. The van der Waals surface area contributed by atoms with E-state index in [4.69, 9.17) is 16.2 Å². The summed E-state index contributed by atoms with van der Waals surface area (Å²) in [5, 5.41) is 10.2. The number of carbonyl (C=O) groups is 7. The number of esters is 1. The molecule has 0 spiro atoms. The molecule has 2 atom stereocenters. The van der Waals surface area contributed by atoms with Crippen LogP contribution in [-0.4, -0.2) is 78.7 Å². The van der Waals surface area contributed by atoms with Gasteiger partial charge in [-0.15, -0.1) is 0 Å². The van der Waals surface area contributed by atoms with Gasteiger partial charge < -0.3 is 37.5 Å². The molecule has 2 rings (SSSR count). The van der Waals surface area contributed by atoms with E-state index in [1.165, 1.54) is 0 Å². The fourth-order valence-electron chi connectivity index (χ4n) is 4.03. The van der Waals surface area contributed by atoms with Gasteiger partial charge in [-0.25, -0.2) is 4.79 Å². The molecule has 1 aliphatic heterocycles. The Morgan fingerprint density at radius 1 is 0.938 bits per heavy atom. The van der Waals surface area contributed by atoms with Crippen LogP contribution in [0.2, 0.25) is 0 Å². The van der Waals surface area contributed by atoms with Crippen LogP contribution in [0.25, 0.3) is 0 Å². The van der Waals surface area contributed by atoms with Crippen LogP contribution >= 0.6 is 0 Å². The van der Waals surface area contributed by atoms with Gasteiger partial charge in [0.1, 0.15) is 19.2 Å². The van der Waals surface area contributed by atoms with Gasteiger partial charge in [0.15, 0.2) is 0 Å². The molecule has 15 nitrogen and oxygen atoms in total. The van der Waals surface area contributed by atoms with E-state index in [9.17, 15) is 33.6 Å². The number of amides is 7. The standard InChI is InChI=1S/C27H38N4O7.C4H10N2O.C2H7N/c1-15(2)20-11-23(34)31(26(20)36)13-22(33)30-24(16(3)4)25(35)28-12-21(32)29-19-9-7-18(8-10-19)14-38-27(37)17(5)6;1-2-3-6-4(5)7;1-2-3/h7-10,15-17,20,24H,11-14H2,1-6H3,(H,28,35)(H,29,32)(H,30,33);2-3H2,1H3,(H3,5,6,7);2-3H2,1H3. The third-order valence-electron chi connectivity index (χ3n) is 6.71. The first kappa shape index (κ1) is 43.5. The fraction of sp³-hybridized carbons (Fsp3) is 0.606. The van der Waals surface area contributed by atoms with E-state index in [1.807, 2.05) is 27.7 Å². The van der Waals surface area contributed by atoms with Crippen molar-refractivity contribution in [2.45, 2.75) is 80.9 Å². The molecule has 1 fully saturated rings. The Morgan fingerprint density at radius 3 is 1.96 bits per heavy atom. The predicted octanol–water partition coefficient (Wildman–Crippen LogP) is 1.64. The van der Waals surface area contributed by atoms with Crippen molar-refractivity contribution in [3.05, 3.63) is 29.8 Å². The number of likely N-dealkylation sites (tertiary alicyclic amines) is 1. The van der Waals surface area contributed by atoms with Crippen molar-refractivity contribution >= 4 is 47.2 Å². The molecule has 15 heteroatoms. The smallest absolute Gasteiger partial charge is 0.312 e. The Balaban J connectivity index is 0.00000192. The highest BCUT2D eigenvalue weighted by atomic mass is 16.5. The average molecular weight is 678 g/mol. The quantitative estimate of drug-likeness (QED) is 0.124. The lowest BCUT2D eigenvalue weighted by molar-refractivity contribution is -0.148. The SMILES string of the molecule is CC(C)C(=O)OCc1ccc(NC(=O)CNC(=O)C(NC(=O)CN2C(=O)CC(C(C)C)C2=O)C(C)C)cc1.CCCNC(N)=O.CCN. The highest BCUT2D eigenvalue weighted by Gasteiger charge is 2.41. The Labute approximate surface area is 283 Å². The average Bonchev–Trinajstić information content (AvgIpc) is 3.30. The second-order valence-corrected chi connectivity index (χ2v) is 12.1. The summed E-state index contributed by atoms with van der Waals surface area (Å²) in [5.41, 5.74) is 10.8. The van der Waals surface area contributed by atoms with Crippen LogP contribution in [0.15, 0.2) is 24.3 Å². The molecule has 2 unspecified atom stereocenters. The summed E-state index contributed by atoms with van der Waals surface area (Å²) in [6.07, 6.45) is 1.00. The van der Waals surface area contributed by atoms with Gasteiger partial charge in [0.05, 0.1) is 12.5 Å². The molecule has 8 N–H and O–H groups in total. The van der Waals surface area contributed by atoms with E-state index in [0.29, 0.717) is 12.2 Å². The molecule has 7 amide bonds. The van der Waals surface area contributed by atoms with E-state index in [2.05, 4.69) is 21.3 Å². The number of ether oxygens (including phenoxy) is 1. The molecule has 0 bridgehead atoms. The zero-order chi connectivity index (χ0) is 37.0. The summed E-state index contributed by atoms with van der Waals surface area (Å²) in [4.78, 5) is 84.6. The van der Waals surface area contributed by atoms with Crippen molar-refractivity contribution in [1.82, 2.24) is 20.9 Å². The number of benzene rings is 1. The largest absolute Gasteiger partial charge is 0.461 e. The van der Waals surface area contributed by atoms with Crippen molar-refractivity contribution in [3.8, 4) is 0 Å². The van der Waals surface area contributed by atoms with E-state index < -0.39 is 48.2 Å². The number of nitrogens with one attached hydrogen (secondary N) is 4. The van der Waals surface area contributed by atoms with E-state index in [1.54, 1.807) is 52.0 Å². The number of primary amides is 1. The maximum atomic E-state index is 12.7. The van der Waals surface area contributed by atoms with Crippen LogP contribution in [0, 0.1) is 23.7 Å². The van der Waals surface area contributed by atoms with Gasteiger partial charge in [-0.3, -0.25) is 33.7 Å². The molecular formula is C33H55N7O8. The molecule has 0 aromatic heterocycles. The number of nitrogens with zero attached hydrogens (tertiary/aromatic N) is 1. The van der Waals surface area contributed by atoms with Crippen LogP contribution in [0.3, 0.4) is 0 Å². The maximum absolute atomic E-state index is 12.7. The second-order valence-electron chi connectivity index (χ2n) is 12.1. The van der Waals surface area contributed by atoms with Crippen molar-refractivity contribution in [2.24, 2.45) is 35.1 Å². The topological polar surface area (TPSA) is 232 Å². The summed E-state index contributed by atoms with van der Waals surface area (Å²) >= 11 is 0. The molecule has 1 aromatic rings. The van der Waals surface area contributed by atoms with E-state index in [0.717, 1.165) is 23.4 Å². The molecule has 1 aliphatic rings. The molecule has 1 heterocycles. The normalized spacial score (nSPS) is 14.3. The molecule has 270 valence electrons. The molecule has 0 radical (unpaired) electrons. The maximum Gasteiger partial charge on any atom is 0.312 e. The van der Waals surface area contributed by atoms with Crippen LogP contribution in [0.1, 0.15) is 73.8 Å². The lowest BCUT2D eigenvalue weighted by atomic mass is 9.94. The number of nitrogens with two attached hydrogens (primary N) is 2. The van der Waals surface area contributed by atoms with Gasteiger partial charge in [-0.2, -0.15) is 0 Å². The zero-order valence-electron chi connectivity index (χ0n) is 29.5. The lowest BCUT2D eigenvalue weighted by Gasteiger charge is -2.23. The summed E-state index contributed by atoms with van der Waals surface area (Å²) in [7, 11) is 0. The summed E-state index contributed by atoms with van der Waals surface area (Å²) in [6, 6.07) is 5.33. The monoisotopic (exact) mass is 677 g/mol. The molecular weight excluding hydrogens is 622 g/mol. The Hall–Kier alpha value is -4.53. The van der Waals surface area contributed by atoms with Crippen molar-refractivity contribution in [2.75, 3.05) is 31.5 Å². The zero-order valence-corrected chi connectivity index (χ0v) is 29.5. The molecule has 0 aliphatic carbocycles. The number of anilines is 1. The molecule has 1 saturated heterocycles. The summed E-state index contributed by atoms with van der Waals surface area (Å²) in [6.45, 7) is 15.3. The Kier molecular flexibility index (Phi) is 20.7. The minimum atomic E-state index is -0.961. The molecule has 1 aromatic carbocycles. The minimum Gasteiger partial charge on any atom is -0.461 e.